The van der Waals surface area contributed by atoms with Crippen LogP contribution in [-0.4, -0.2) is 39.8 Å². The third-order valence-corrected chi connectivity index (χ3v) is 5.57. The summed E-state index contributed by atoms with van der Waals surface area (Å²) in [4.78, 5) is 14.6. The molecule has 1 aliphatic heterocycles. The molecule has 1 amide bonds. The van der Waals surface area contributed by atoms with Crippen molar-refractivity contribution in [2.75, 3.05) is 14.1 Å². The highest BCUT2D eigenvalue weighted by molar-refractivity contribution is 7.80. The van der Waals surface area contributed by atoms with E-state index < -0.39 is 6.04 Å². The number of likely N-dealkylation sites (N-methyl/N-ethyl adjacent to an activating group) is 1. The second-order valence-electron chi connectivity index (χ2n) is 7.49. The van der Waals surface area contributed by atoms with E-state index in [-0.39, 0.29) is 5.91 Å². The number of amides is 1. The first kappa shape index (κ1) is 21.1. The minimum atomic E-state index is -0.452. The van der Waals surface area contributed by atoms with Crippen LogP contribution >= 0.6 is 23.8 Å². The molecule has 1 atom stereocenters. The average molecular weight is 452 g/mol. The van der Waals surface area contributed by atoms with Crippen molar-refractivity contribution in [3.05, 3.63) is 82.7 Å². The zero-order chi connectivity index (χ0) is 22.1. The Morgan fingerprint density at radius 3 is 2.45 bits per heavy atom. The molecule has 31 heavy (non-hydrogen) atoms. The van der Waals surface area contributed by atoms with Crippen molar-refractivity contribution >= 4 is 34.8 Å². The summed E-state index contributed by atoms with van der Waals surface area (Å²) in [5.41, 5.74) is 4.74. The summed E-state index contributed by atoms with van der Waals surface area (Å²) in [6, 6.07) is 16.9. The van der Waals surface area contributed by atoms with Crippen LogP contribution < -0.4 is 10.6 Å². The zero-order valence-electron chi connectivity index (χ0n) is 17.4. The van der Waals surface area contributed by atoms with Crippen LogP contribution in [-0.2, 0) is 4.79 Å². The molecule has 1 aromatic heterocycles. The molecule has 0 fully saturated rings. The second-order valence-corrected chi connectivity index (χ2v) is 8.33. The molecule has 0 saturated heterocycles. The number of hydrogen-bond acceptors (Lipinski definition) is 3. The number of nitrogens with one attached hydrogen (secondary N) is 2. The number of nitrogens with zero attached hydrogens (tertiary/aromatic N) is 3. The number of aromatic nitrogens is 2. The quantitative estimate of drug-likeness (QED) is 0.585. The van der Waals surface area contributed by atoms with Crippen molar-refractivity contribution in [1.29, 1.82) is 0 Å². The molecule has 6 nitrogen and oxygen atoms in total. The number of hydrogen-bond donors (Lipinski definition) is 2. The van der Waals surface area contributed by atoms with Crippen molar-refractivity contribution in [3.8, 4) is 16.9 Å². The van der Waals surface area contributed by atoms with Gasteiger partial charge in [0.25, 0.3) is 5.91 Å². The first-order valence-electron chi connectivity index (χ1n) is 9.76. The van der Waals surface area contributed by atoms with Gasteiger partial charge in [0.1, 0.15) is 0 Å². The molecule has 0 bridgehead atoms. The molecule has 2 N–H and O–H groups in total. The molecule has 0 spiro atoms. The lowest BCUT2D eigenvalue weighted by molar-refractivity contribution is -0.125. The maximum Gasteiger partial charge on any atom is 0.253 e. The van der Waals surface area contributed by atoms with E-state index in [0.29, 0.717) is 15.7 Å². The van der Waals surface area contributed by atoms with Crippen molar-refractivity contribution in [2.24, 2.45) is 0 Å². The number of para-hydroxylation sites is 1. The Balaban J connectivity index is 1.92. The molecule has 1 unspecified atom stereocenters. The highest BCUT2D eigenvalue weighted by Crippen LogP contribution is 2.35. The van der Waals surface area contributed by atoms with Gasteiger partial charge in [-0.2, -0.15) is 5.10 Å². The van der Waals surface area contributed by atoms with Gasteiger partial charge in [-0.25, -0.2) is 4.68 Å². The van der Waals surface area contributed by atoms with Gasteiger partial charge in [0.15, 0.2) is 5.11 Å². The summed E-state index contributed by atoms with van der Waals surface area (Å²) in [7, 11) is 3.47. The first-order valence-corrected chi connectivity index (χ1v) is 10.5. The molecule has 2 heterocycles. The topological polar surface area (TPSA) is 62.2 Å². The van der Waals surface area contributed by atoms with Crippen LogP contribution in [0.3, 0.4) is 0 Å². The second kappa shape index (κ2) is 8.53. The Morgan fingerprint density at radius 1 is 1.13 bits per heavy atom. The zero-order valence-corrected chi connectivity index (χ0v) is 19.0. The summed E-state index contributed by atoms with van der Waals surface area (Å²) in [5.74, 6) is -0.0977. The SMILES string of the molecule is CC1=C(C(=O)N(C)C)C(c2cn(-c3ccccc3)nc2-c2ccc(Cl)cc2)NC(=S)N1. The normalized spacial score (nSPS) is 16.0. The van der Waals surface area contributed by atoms with Gasteiger partial charge >= 0.3 is 0 Å². The van der Waals surface area contributed by atoms with Gasteiger partial charge in [0, 0.05) is 42.1 Å². The number of carbonyl (C=O) groups is 1. The standard InChI is InChI=1S/C23H22ClN5OS/c1-14-19(22(30)28(2)3)21(26-23(31)25-14)18-13-29(17-7-5-4-6-8-17)27-20(18)15-9-11-16(24)12-10-15/h4-13,21H,1-3H3,(H2,25,26,31). The molecule has 158 valence electrons. The molecule has 0 saturated carbocycles. The third kappa shape index (κ3) is 4.19. The summed E-state index contributed by atoms with van der Waals surface area (Å²) in [6.07, 6.45) is 1.95. The Bertz CT molecular complexity index is 1170. The largest absolute Gasteiger partial charge is 0.351 e. The van der Waals surface area contributed by atoms with E-state index in [1.165, 1.54) is 0 Å². The molecular weight excluding hydrogens is 430 g/mol. The van der Waals surface area contributed by atoms with E-state index >= 15 is 0 Å². The number of halogens is 1. The molecule has 4 rings (SSSR count). The summed E-state index contributed by atoms with van der Waals surface area (Å²) in [5, 5.41) is 12.3. The lowest BCUT2D eigenvalue weighted by Gasteiger charge is -2.31. The molecular formula is C23H22ClN5OS. The Labute approximate surface area is 191 Å². The molecule has 8 heteroatoms. The van der Waals surface area contributed by atoms with Crippen molar-refractivity contribution in [3.63, 3.8) is 0 Å². The van der Waals surface area contributed by atoms with E-state index in [4.69, 9.17) is 28.9 Å². The number of rotatable bonds is 4. The fourth-order valence-electron chi connectivity index (χ4n) is 3.60. The van der Waals surface area contributed by atoms with E-state index in [1.54, 1.807) is 19.0 Å². The van der Waals surface area contributed by atoms with Crippen LogP contribution in [0.2, 0.25) is 5.02 Å². The van der Waals surface area contributed by atoms with Crippen LogP contribution in [0.4, 0.5) is 0 Å². The number of thiocarbonyl (C=S) groups is 1. The van der Waals surface area contributed by atoms with Crippen LogP contribution in [0, 0.1) is 0 Å². The maximum absolute atomic E-state index is 13.1. The molecule has 0 radical (unpaired) electrons. The fourth-order valence-corrected chi connectivity index (χ4v) is 3.99. The molecule has 0 aliphatic carbocycles. The van der Waals surface area contributed by atoms with Crippen LogP contribution in [0.5, 0.6) is 0 Å². The molecule has 3 aromatic rings. The highest BCUT2D eigenvalue weighted by atomic mass is 35.5. The van der Waals surface area contributed by atoms with E-state index in [0.717, 1.165) is 28.2 Å². The Morgan fingerprint density at radius 2 is 1.81 bits per heavy atom. The van der Waals surface area contributed by atoms with Crippen molar-refractivity contribution in [1.82, 2.24) is 25.3 Å². The first-order chi connectivity index (χ1) is 14.8. The molecule has 2 aromatic carbocycles. The maximum atomic E-state index is 13.1. The van der Waals surface area contributed by atoms with E-state index in [9.17, 15) is 4.79 Å². The van der Waals surface area contributed by atoms with Crippen LogP contribution in [0.25, 0.3) is 16.9 Å². The van der Waals surface area contributed by atoms with Gasteiger partial charge < -0.3 is 15.5 Å². The van der Waals surface area contributed by atoms with Gasteiger partial charge in [-0.3, -0.25) is 4.79 Å². The van der Waals surface area contributed by atoms with E-state index in [2.05, 4.69) is 10.6 Å². The molecule has 1 aliphatic rings. The summed E-state index contributed by atoms with van der Waals surface area (Å²) in [6.45, 7) is 1.86. The third-order valence-electron chi connectivity index (χ3n) is 5.10. The van der Waals surface area contributed by atoms with Gasteiger partial charge in [0.05, 0.1) is 23.0 Å². The summed E-state index contributed by atoms with van der Waals surface area (Å²) >= 11 is 11.5. The Hall–Kier alpha value is -3.16. The monoisotopic (exact) mass is 451 g/mol. The number of benzene rings is 2. The van der Waals surface area contributed by atoms with Crippen molar-refractivity contribution in [2.45, 2.75) is 13.0 Å². The van der Waals surface area contributed by atoms with E-state index in [1.807, 2.05) is 72.4 Å². The lowest BCUT2D eigenvalue weighted by Crippen LogP contribution is -2.46. The lowest BCUT2D eigenvalue weighted by atomic mass is 9.93. The van der Waals surface area contributed by atoms with Gasteiger partial charge in [-0.05, 0) is 43.4 Å². The predicted molar refractivity (Wildman–Crippen MR) is 127 cm³/mol. The number of allylic oxidation sites excluding steroid dienone is 1. The minimum Gasteiger partial charge on any atom is -0.351 e. The smallest absolute Gasteiger partial charge is 0.253 e. The minimum absolute atomic E-state index is 0.0977. The summed E-state index contributed by atoms with van der Waals surface area (Å²) < 4.78 is 1.82. The van der Waals surface area contributed by atoms with Gasteiger partial charge in [0.2, 0.25) is 0 Å². The van der Waals surface area contributed by atoms with Crippen molar-refractivity contribution < 1.29 is 4.79 Å². The van der Waals surface area contributed by atoms with Crippen LogP contribution in [0.1, 0.15) is 18.5 Å². The highest BCUT2D eigenvalue weighted by Gasteiger charge is 2.34. The van der Waals surface area contributed by atoms with Gasteiger partial charge in [-0.1, -0.05) is 41.9 Å². The number of carbonyl (C=O) groups excluding carboxylic acids is 1. The Kier molecular flexibility index (Phi) is 5.80. The average Bonchev–Trinajstić information content (AvgIpc) is 3.19. The fraction of sp³-hybridized carbons (Fsp3) is 0.174. The predicted octanol–water partition coefficient (Wildman–Crippen LogP) is 4.07. The van der Waals surface area contributed by atoms with Gasteiger partial charge in [-0.15, -0.1) is 0 Å². The van der Waals surface area contributed by atoms with Crippen LogP contribution in [0.15, 0.2) is 72.1 Å².